The third-order valence-corrected chi connectivity index (χ3v) is 2.79. The molecule has 15 heavy (non-hydrogen) atoms. The number of thiophene rings is 1. The Bertz CT molecular complexity index is 422. The van der Waals surface area contributed by atoms with Crippen molar-refractivity contribution in [2.75, 3.05) is 5.32 Å². The number of hydrogen-bond donors (Lipinski definition) is 1. The summed E-state index contributed by atoms with van der Waals surface area (Å²) in [6, 6.07) is 14.0. The van der Waals surface area contributed by atoms with Gasteiger partial charge in [-0.3, -0.25) is 4.79 Å². The molecule has 0 spiro atoms. The number of carbonyl (C=O) groups excluding carboxylic acids is 1. The summed E-state index contributed by atoms with van der Waals surface area (Å²) in [5.41, 5.74) is 0.815. The van der Waals surface area contributed by atoms with Crippen molar-refractivity contribution in [2.24, 2.45) is 0 Å². The highest BCUT2D eigenvalue weighted by atomic mass is 32.1. The van der Waals surface area contributed by atoms with Crippen molar-refractivity contribution in [3.05, 3.63) is 52.7 Å². The van der Waals surface area contributed by atoms with E-state index in [4.69, 9.17) is 0 Å². The van der Waals surface area contributed by atoms with Crippen LogP contribution in [0.3, 0.4) is 0 Å². The van der Waals surface area contributed by atoms with Crippen molar-refractivity contribution in [1.82, 2.24) is 0 Å². The minimum Gasteiger partial charge on any atom is -0.326 e. The van der Waals surface area contributed by atoms with E-state index in [1.165, 1.54) is 0 Å². The van der Waals surface area contributed by atoms with Gasteiger partial charge in [-0.15, -0.1) is 11.3 Å². The Hall–Kier alpha value is -1.61. The molecule has 1 radical (unpaired) electrons. The number of carbonyl (C=O) groups is 1. The average Bonchev–Trinajstić information content (AvgIpc) is 2.71. The fourth-order valence-electron chi connectivity index (χ4n) is 1.25. The Kier molecular flexibility index (Phi) is 3.15. The molecule has 2 nitrogen and oxygen atoms in total. The first-order chi connectivity index (χ1) is 7.34. The van der Waals surface area contributed by atoms with Crippen LogP contribution in [0.4, 0.5) is 5.69 Å². The zero-order chi connectivity index (χ0) is 10.5. The minimum absolute atomic E-state index is 0.0173. The highest BCUT2D eigenvalue weighted by Gasteiger charge is 2.03. The van der Waals surface area contributed by atoms with E-state index in [-0.39, 0.29) is 5.91 Å². The molecular formula is C12H10NOS. The molecule has 0 atom stereocenters. The molecule has 0 saturated carbocycles. The average molecular weight is 216 g/mol. The van der Waals surface area contributed by atoms with Gasteiger partial charge in [-0.2, -0.15) is 0 Å². The van der Waals surface area contributed by atoms with E-state index in [2.05, 4.69) is 11.4 Å². The summed E-state index contributed by atoms with van der Waals surface area (Å²) in [5, 5.41) is 4.80. The quantitative estimate of drug-likeness (QED) is 0.839. The lowest BCUT2D eigenvalue weighted by atomic mass is 10.3. The lowest BCUT2D eigenvalue weighted by Gasteiger charge is -2.02. The zero-order valence-electron chi connectivity index (χ0n) is 8.07. The number of amides is 1. The maximum atomic E-state index is 11.6. The standard InChI is InChI=1S/C12H10NOS/c14-12(9-11-7-4-8-15-11)13-10-5-2-1-3-6-10/h2-8H,9H2,(H,13,14). The van der Waals surface area contributed by atoms with E-state index in [9.17, 15) is 4.79 Å². The summed E-state index contributed by atoms with van der Waals surface area (Å²) in [4.78, 5) is 12.6. The molecule has 3 heteroatoms. The maximum absolute atomic E-state index is 11.6. The lowest BCUT2D eigenvalue weighted by Crippen LogP contribution is -2.13. The molecule has 75 valence electrons. The number of nitrogens with one attached hydrogen (secondary N) is 1. The van der Waals surface area contributed by atoms with Crippen LogP contribution in [0.25, 0.3) is 0 Å². The fourth-order valence-corrected chi connectivity index (χ4v) is 1.95. The highest BCUT2D eigenvalue weighted by Crippen LogP contribution is 2.11. The summed E-state index contributed by atoms with van der Waals surface area (Å²) in [7, 11) is 0. The van der Waals surface area contributed by atoms with Crippen LogP contribution in [0.5, 0.6) is 0 Å². The molecule has 1 amide bonds. The third kappa shape index (κ3) is 2.92. The van der Waals surface area contributed by atoms with Crippen LogP contribution >= 0.6 is 11.3 Å². The van der Waals surface area contributed by atoms with Gasteiger partial charge in [0, 0.05) is 10.6 Å². The van der Waals surface area contributed by atoms with Gasteiger partial charge in [-0.25, -0.2) is 0 Å². The van der Waals surface area contributed by atoms with Crippen molar-refractivity contribution >= 4 is 22.9 Å². The van der Waals surface area contributed by atoms with Crippen LogP contribution < -0.4 is 5.32 Å². The van der Waals surface area contributed by atoms with Gasteiger partial charge in [0.15, 0.2) is 0 Å². The molecule has 0 aliphatic heterocycles. The van der Waals surface area contributed by atoms with E-state index in [0.717, 1.165) is 10.6 Å². The van der Waals surface area contributed by atoms with Gasteiger partial charge in [-0.1, -0.05) is 18.2 Å². The smallest absolute Gasteiger partial charge is 0.229 e. The van der Waals surface area contributed by atoms with Gasteiger partial charge in [0.05, 0.1) is 6.42 Å². The van der Waals surface area contributed by atoms with Crippen molar-refractivity contribution in [3.63, 3.8) is 0 Å². The van der Waals surface area contributed by atoms with Crippen molar-refractivity contribution < 1.29 is 4.79 Å². The van der Waals surface area contributed by atoms with Crippen LogP contribution in [0, 0.1) is 6.07 Å². The first-order valence-electron chi connectivity index (χ1n) is 4.63. The summed E-state index contributed by atoms with van der Waals surface area (Å²) in [6.07, 6.45) is 0.441. The number of rotatable bonds is 3. The SMILES string of the molecule is O=C(Cc1cccs1)Nc1cc[c]cc1. The molecule has 2 rings (SSSR count). The Morgan fingerprint density at radius 2 is 2.13 bits per heavy atom. The molecule has 0 aliphatic rings. The topological polar surface area (TPSA) is 29.1 Å². The number of hydrogen-bond acceptors (Lipinski definition) is 2. The van der Waals surface area contributed by atoms with Gasteiger partial charge < -0.3 is 5.32 Å². The van der Waals surface area contributed by atoms with Gasteiger partial charge >= 0.3 is 0 Å². The Labute approximate surface area is 92.6 Å². The Morgan fingerprint density at radius 1 is 1.33 bits per heavy atom. The normalized spacial score (nSPS) is 9.87. The summed E-state index contributed by atoms with van der Waals surface area (Å²) in [5.74, 6) is 0.0173. The van der Waals surface area contributed by atoms with E-state index in [1.807, 2.05) is 29.6 Å². The van der Waals surface area contributed by atoms with Gasteiger partial charge in [0.25, 0.3) is 0 Å². The largest absolute Gasteiger partial charge is 0.326 e. The second-order valence-electron chi connectivity index (χ2n) is 3.09. The van der Waals surface area contributed by atoms with Crippen LogP contribution in [-0.2, 0) is 11.2 Å². The third-order valence-electron chi connectivity index (χ3n) is 1.92. The number of anilines is 1. The van der Waals surface area contributed by atoms with Crippen LogP contribution in [-0.4, -0.2) is 5.91 Å². The van der Waals surface area contributed by atoms with Crippen molar-refractivity contribution in [1.29, 1.82) is 0 Å². The van der Waals surface area contributed by atoms with E-state index >= 15 is 0 Å². The molecule has 0 fully saturated rings. The van der Waals surface area contributed by atoms with Gasteiger partial charge in [-0.05, 0) is 29.6 Å². The van der Waals surface area contributed by atoms with Gasteiger partial charge in [0.2, 0.25) is 5.91 Å². The molecular weight excluding hydrogens is 206 g/mol. The number of benzene rings is 1. The van der Waals surface area contributed by atoms with Crippen LogP contribution in [0.1, 0.15) is 4.88 Å². The predicted molar refractivity (Wildman–Crippen MR) is 61.9 cm³/mol. The van der Waals surface area contributed by atoms with Crippen molar-refractivity contribution in [3.8, 4) is 0 Å². The summed E-state index contributed by atoms with van der Waals surface area (Å²) < 4.78 is 0. The van der Waals surface area contributed by atoms with Gasteiger partial charge in [0.1, 0.15) is 0 Å². The molecule has 1 N–H and O–H groups in total. The Balaban J connectivity index is 1.94. The lowest BCUT2D eigenvalue weighted by molar-refractivity contribution is -0.115. The second kappa shape index (κ2) is 4.75. The summed E-state index contributed by atoms with van der Waals surface area (Å²) >= 11 is 1.59. The van der Waals surface area contributed by atoms with Crippen molar-refractivity contribution in [2.45, 2.75) is 6.42 Å². The first kappa shape index (κ1) is 9.93. The fraction of sp³-hybridized carbons (Fsp3) is 0.0833. The molecule has 1 aromatic heterocycles. The monoisotopic (exact) mass is 216 g/mol. The molecule has 0 saturated heterocycles. The highest BCUT2D eigenvalue weighted by molar-refractivity contribution is 7.10. The zero-order valence-corrected chi connectivity index (χ0v) is 8.88. The van der Waals surface area contributed by atoms with E-state index in [0.29, 0.717) is 6.42 Å². The van der Waals surface area contributed by atoms with Crippen LogP contribution in [0.15, 0.2) is 41.8 Å². The molecule has 1 heterocycles. The van der Waals surface area contributed by atoms with E-state index < -0.39 is 0 Å². The second-order valence-corrected chi connectivity index (χ2v) is 4.13. The molecule has 2 aromatic rings. The molecule has 0 bridgehead atoms. The molecule has 0 aliphatic carbocycles. The van der Waals surface area contributed by atoms with E-state index in [1.54, 1.807) is 23.5 Å². The summed E-state index contributed by atoms with van der Waals surface area (Å²) in [6.45, 7) is 0. The molecule has 0 unspecified atom stereocenters. The Morgan fingerprint density at radius 3 is 2.80 bits per heavy atom. The first-order valence-corrected chi connectivity index (χ1v) is 5.51. The minimum atomic E-state index is 0.0173. The van der Waals surface area contributed by atoms with Crippen LogP contribution in [0.2, 0.25) is 0 Å². The predicted octanol–water partition coefficient (Wildman–Crippen LogP) is 2.73. The maximum Gasteiger partial charge on any atom is 0.229 e. The molecule has 1 aromatic carbocycles.